The van der Waals surface area contributed by atoms with E-state index in [2.05, 4.69) is 0 Å². The van der Waals surface area contributed by atoms with Gasteiger partial charge in [-0.25, -0.2) is 0 Å². The van der Waals surface area contributed by atoms with Gasteiger partial charge in [-0.2, -0.15) is 0 Å². The largest absolute Gasteiger partial charge is 0.488 e. The van der Waals surface area contributed by atoms with Crippen LogP contribution in [0.4, 0.5) is 5.69 Å². The fourth-order valence-electron chi connectivity index (χ4n) is 2.42. The van der Waals surface area contributed by atoms with Gasteiger partial charge in [0.25, 0.3) is 0 Å². The van der Waals surface area contributed by atoms with E-state index in [1.54, 1.807) is 12.1 Å². The fourth-order valence-corrected chi connectivity index (χ4v) is 2.42. The van der Waals surface area contributed by atoms with E-state index in [1.807, 2.05) is 6.07 Å². The summed E-state index contributed by atoms with van der Waals surface area (Å²) < 4.78 is 0. The van der Waals surface area contributed by atoms with Crippen LogP contribution in [0, 0.1) is 0 Å². The second-order valence-corrected chi connectivity index (χ2v) is 4.24. The average molecular weight is 205 g/mol. The Bertz CT molecular complexity index is 348. The number of benzene rings is 1. The van der Waals surface area contributed by atoms with Crippen LogP contribution in [0.25, 0.3) is 0 Å². The Kier molecular flexibility index (Phi) is 2.98. The van der Waals surface area contributed by atoms with Crippen molar-refractivity contribution in [3.05, 3.63) is 23.8 Å². The lowest BCUT2D eigenvalue weighted by molar-refractivity contribution is 0.425. The molecule has 80 valence electrons. The minimum absolute atomic E-state index is 0.449. The summed E-state index contributed by atoms with van der Waals surface area (Å²) in [6.07, 6.45) is 4.70. The Morgan fingerprint density at radius 1 is 1.20 bits per heavy atom. The summed E-state index contributed by atoms with van der Waals surface area (Å²) >= 11 is 0. The third-order valence-electron chi connectivity index (χ3n) is 3.18. The molecule has 4 N–H and O–H groups in total. The van der Waals surface area contributed by atoms with Gasteiger partial charge in [0.15, 0.2) is 0 Å². The molecular formula is C11H16BNO2. The summed E-state index contributed by atoms with van der Waals surface area (Å²) in [4.78, 5) is 0. The Labute approximate surface area is 90.1 Å². The Balaban J connectivity index is 2.37. The van der Waals surface area contributed by atoms with E-state index in [0.29, 0.717) is 17.1 Å². The van der Waals surface area contributed by atoms with Gasteiger partial charge in [-0.15, -0.1) is 0 Å². The summed E-state index contributed by atoms with van der Waals surface area (Å²) in [5.74, 6) is 0.449. The van der Waals surface area contributed by atoms with Gasteiger partial charge in [-0.3, -0.25) is 0 Å². The van der Waals surface area contributed by atoms with Crippen molar-refractivity contribution in [3.8, 4) is 0 Å². The number of anilines is 1. The van der Waals surface area contributed by atoms with E-state index in [1.165, 1.54) is 12.8 Å². The standard InChI is InChI=1S/C11H16BNO2/c13-9-5-6-11(12(14)15)10(7-9)8-3-1-2-4-8/h5-8,14-15H,1-4,13H2. The molecular weight excluding hydrogens is 189 g/mol. The first-order valence-electron chi connectivity index (χ1n) is 5.44. The quantitative estimate of drug-likeness (QED) is 0.489. The van der Waals surface area contributed by atoms with Crippen LogP contribution in [0.3, 0.4) is 0 Å². The molecule has 0 heterocycles. The number of nitrogen functional groups attached to an aromatic ring is 1. The van der Waals surface area contributed by atoms with Gasteiger partial charge in [0.05, 0.1) is 0 Å². The molecule has 0 atom stereocenters. The van der Waals surface area contributed by atoms with Crippen LogP contribution in [-0.4, -0.2) is 17.2 Å². The normalized spacial score (nSPS) is 16.9. The molecule has 0 aliphatic heterocycles. The third kappa shape index (κ3) is 2.16. The molecule has 1 saturated carbocycles. The van der Waals surface area contributed by atoms with Crippen LogP contribution in [0.1, 0.15) is 37.2 Å². The first-order chi connectivity index (χ1) is 7.18. The van der Waals surface area contributed by atoms with E-state index in [9.17, 15) is 10.0 Å². The Morgan fingerprint density at radius 2 is 1.87 bits per heavy atom. The number of nitrogens with two attached hydrogens (primary N) is 1. The average Bonchev–Trinajstić information content (AvgIpc) is 2.69. The molecule has 1 aromatic carbocycles. The lowest BCUT2D eigenvalue weighted by Gasteiger charge is -2.15. The van der Waals surface area contributed by atoms with E-state index >= 15 is 0 Å². The summed E-state index contributed by atoms with van der Waals surface area (Å²) in [5, 5.41) is 18.5. The van der Waals surface area contributed by atoms with Crippen molar-refractivity contribution in [1.82, 2.24) is 0 Å². The van der Waals surface area contributed by atoms with Crippen LogP contribution in [-0.2, 0) is 0 Å². The molecule has 1 aliphatic rings. The molecule has 3 nitrogen and oxygen atoms in total. The van der Waals surface area contributed by atoms with Crippen molar-refractivity contribution in [1.29, 1.82) is 0 Å². The molecule has 15 heavy (non-hydrogen) atoms. The van der Waals surface area contributed by atoms with Crippen LogP contribution >= 0.6 is 0 Å². The predicted octanol–water partition coefficient (Wildman–Crippen LogP) is 0.606. The highest BCUT2D eigenvalue weighted by molar-refractivity contribution is 6.59. The smallest absolute Gasteiger partial charge is 0.423 e. The van der Waals surface area contributed by atoms with Gasteiger partial charge in [-0.05, 0) is 41.9 Å². The molecule has 0 unspecified atom stereocenters. The van der Waals surface area contributed by atoms with E-state index < -0.39 is 7.12 Å². The lowest BCUT2D eigenvalue weighted by atomic mass is 9.73. The SMILES string of the molecule is Nc1ccc(B(O)O)c(C2CCCC2)c1. The maximum atomic E-state index is 9.27. The van der Waals surface area contributed by atoms with Crippen LogP contribution in [0.15, 0.2) is 18.2 Å². The number of hydrogen-bond donors (Lipinski definition) is 3. The van der Waals surface area contributed by atoms with E-state index in [-0.39, 0.29) is 0 Å². The van der Waals surface area contributed by atoms with E-state index in [0.717, 1.165) is 18.4 Å². The van der Waals surface area contributed by atoms with Gasteiger partial charge in [0, 0.05) is 5.69 Å². The Morgan fingerprint density at radius 3 is 2.47 bits per heavy atom. The monoisotopic (exact) mass is 205 g/mol. The van der Waals surface area contributed by atoms with Crippen molar-refractivity contribution in [3.63, 3.8) is 0 Å². The van der Waals surface area contributed by atoms with Gasteiger partial charge < -0.3 is 15.8 Å². The second-order valence-electron chi connectivity index (χ2n) is 4.24. The minimum Gasteiger partial charge on any atom is -0.423 e. The summed E-state index contributed by atoms with van der Waals surface area (Å²) in [6.45, 7) is 0. The minimum atomic E-state index is -1.39. The highest BCUT2D eigenvalue weighted by atomic mass is 16.4. The predicted molar refractivity (Wildman–Crippen MR) is 61.9 cm³/mol. The molecule has 0 amide bonds. The van der Waals surface area contributed by atoms with Crippen molar-refractivity contribution in [2.24, 2.45) is 0 Å². The topological polar surface area (TPSA) is 66.5 Å². The summed E-state index contributed by atoms with van der Waals surface area (Å²) in [6, 6.07) is 5.31. The summed E-state index contributed by atoms with van der Waals surface area (Å²) in [5.41, 5.74) is 8.05. The van der Waals surface area contributed by atoms with Gasteiger partial charge >= 0.3 is 7.12 Å². The molecule has 0 radical (unpaired) electrons. The first kappa shape index (κ1) is 10.5. The molecule has 1 fully saturated rings. The Hall–Kier alpha value is -0.995. The van der Waals surface area contributed by atoms with Crippen LogP contribution in [0.5, 0.6) is 0 Å². The highest BCUT2D eigenvalue weighted by Gasteiger charge is 2.24. The van der Waals surface area contributed by atoms with Gasteiger partial charge in [-0.1, -0.05) is 18.9 Å². The molecule has 2 rings (SSSR count). The fraction of sp³-hybridized carbons (Fsp3) is 0.455. The van der Waals surface area contributed by atoms with Crippen molar-refractivity contribution in [2.75, 3.05) is 5.73 Å². The van der Waals surface area contributed by atoms with Crippen molar-refractivity contribution < 1.29 is 10.0 Å². The zero-order chi connectivity index (χ0) is 10.8. The molecule has 4 heteroatoms. The zero-order valence-electron chi connectivity index (χ0n) is 8.69. The third-order valence-corrected chi connectivity index (χ3v) is 3.18. The molecule has 0 bridgehead atoms. The van der Waals surface area contributed by atoms with Gasteiger partial charge in [0.2, 0.25) is 0 Å². The van der Waals surface area contributed by atoms with Crippen molar-refractivity contribution >= 4 is 18.3 Å². The number of hydrogen-bond acceptors (Lipinski definition) is 3. The van der Waals surface area contributed by atoms with Crippen LogP contribution < -0.4 is 11.2 Å². The molecule has 0 saturated heterocycles. The first-order valence-corrected chi connectivity index (χ1v) is 5.44. The highest BCUT2D eigenvalue weighted by Crippen LogP contribution is 2.33. The molecule has 1 aromatic rings. The molecule has 0 spiro atoms. The zero-order valence-corrected chi connectivity index (χ0v) is 8.69. The lowest BCUT2D eigenvalue weighted by Crippen LogP contribution is -2.33. The maximum Gasteiger partial charge on any atom is 0.488 e. The second kappa shape index (κ2) is 4.25. The maximum absolute atomic E-state index is 9.27. The summed E-state index contributed by atoms with van der Waals surface area (Å²) in [7, 11) is -1.39. The van der Waals surface area contributed by atoms with Gasteiger partial charge in [0.1, 0.15) is 0 Å². The van der Waals surface area contributed by atoms with Crippen LogP contribution in [0.2, 0.25) is 0 Å². The van der Waals surface area contributed by atoms with Crippen molar-refractivity contribution in [2.45, 2.75) is 31.6 Å². The molecule has 1 aliphatic carbocycles. The molecule has 0 aromatic heterocycles. The van der Waals surface area contributed by atoms with E-state index in [4.69, 9.17) is 5.73 Å². The number of rotatable bonds is 2.